The molecule has 5 heteroatoms. The minimum Gasteiger partial charge on any atom is -0.258 e. The van der Waals surface area contributed by atoms with Crippen molar-refractivity contribution in [2.45, 2.75) is 17.8 Å². The van der Waals surface area contributed by atoms with Gasteiger partial charge in [-0.05, 0) is 30.2 Å². The Morgan fingerprint density at radius 3 is 2.64 bits per heavy atom. The van der Waals surface area contributed by atoms with Crippen LogP contribution in [0.4, 0.5) is 0 Å². The molecule has 0 fully saturated rings. The lowest BCUT2D eigenvalue weighted by Gasteiger charge is -2.00. The van der Waals surface area contributed by atoms with Gasteiger partial charge in [0.15, 0.2) is 5.82 Å². The van der Waals surface area contributed by atoms with E-state index in [1.165, 1.54) is 5.56 Å². The van der Waals surface area contributed by atoms with E-state index < -0.39 is 0 Å². The fourth-order valence-corrected chi connectivity index (χ4v) is 2.85. The van der Waals surface area contributed by atoms with Gasteiger partial charge in [0.2, 0.25) is 5.16 Å². The molecule has 0 saturated heterocycles. The summed E-state index contributed by atoms with van der Waals surface area (Å²) < 4.78 is 0. The Labute approximate surface area is 133 Å². The molecule has 0 unspecified atom stereocenters. The molecular weight excluding hydrogens is 292 g/mol. The molecule has 0 spiro atoms. The first kappa shape index (κ1) is 14.4. The van der Waals surface area contributed by atoms with Crippen LogP contribution in [0.2, 0.25) is 0 Å². The van der Waals surface area contributed by atoms with Crippen molar-refractivity contribution in [3.05, 3.63) is 65.2 Å². The van der Waals surface area contributed by atoms with Gasteiger partial charge in [-0.25, -0.2) is 4.98 Å². The zero-order chi connectivity index (χ0) is 15.4. The van der Waals surface area contributed by atoms with Gasteiger partial charge in [0.05, 0.1) is 11.6 Å². The Bertz CT molecular complexity index is 815. The molecule has 2 aromatic carbocycles. The van der Waals surface area contributed by atoms with Crippen molar-refractivity contribution in [3.63, 3.8) is 0 Å². The number of nitrogens with zero attached hydrogens (tertiary/aromatic N) is 3. The van der Waals surface area contributed by atoms with Crippen LogP contribution < -0.4 is 0 Å². The molecule has 4 nitrogen and oxygen atoms in total. The highest BCUT2D eigenvalue weighted by Crippen LogP contribution is 2.24. The minimum absolute atomic E-state index is 0.675. The number of benzene rings is 2. The fraction of sp³-hybridized carbons (Fsp3) is 0.118. The SMILES string of the molecule is Cc1ccccc1-c1nc(SCc2ccc(C#N)cc2)n[nH]1. The third-order valence-corrected chi connectivity index (χ3v) is 4.23. The summed E-state index contributed by atoms with van der Waals surface area (Å²) in [5.74, 6) is 1.57. The van der Waals surface area contributed by atoms with Gasteiger partial charge in [0.25, 0.3) is 0 Å². The molecule has 0 amide bonds. The van der Waals surface area contributed by atoms with Gasteiger partial charge in [-0.3, -0.25) is 5.10 Å². The van der Waals surface area contributed by atoms with Crippen LogP contribution in [0, 0.1) is 18.3 Å². The third-order valence-electron chi connectivity index (χ3n) is 3.32. The molecule has 0 atom stereocenters. The number of nitrogens with one attached hydrogen (secondary N) is 1. The minimum atomic E-state index is 0.675. The fourth-order valence-electron chi connectivity index (χ4n) is 2.09. The van der Waals surface area contributed by atoms with Crippen molar-refractivity contribution in [1.29, 1.82) is 5.26 Å². The second kappa shape index (κ2) is 6.46. The van der Waals surface area contributed by atoms with Crippen molar-refractivity contribution in [1.82, 2.24) is 15.2 Å². The molecule has 0 bridgehead atoms. The van der Waals surface area contributed by atoms with Crippen molar-refractivity contribution in [2.24, 2.45) is 0 Å². The Balaban J connectivity index is 1.69. The van der Waals surface area contributed by atoms with Gasteiger partial charge in [0.1, 0.15) is 0 Å². The first-order chi connectivity index (χ1) is 10.8. The van der Waals surface area contributed by atoms with Crippen molar-refractivity contribution in [3.8, 4) is 17.5 Å². The van der Waals surface area contributed by atoms with Gasteiger partial charge in [-0.2, -0.15) is 5.26 Å². The van der Waals surface area contributed by atoms with E-state index in [0.717, 1.165) is 27.9 Å². The third kappa shape index (κ3) is 3.18. The maximum atomic E-state index is 8.79. The van der Waals surface area contributed by atoms with E-state index in [9.17, 15) is 0 Å². The van der Waals surface area contributed by atoms with Crippen LogP contribution in [0.5, 0.6) is 0 Å². The van der Waals surface area contributed by atoms with Crippen LogP contribution in [0.3, 0.4) is 0 Å². The molecule has 1 heterocycles. The molecule has 1 N–H and O–H groups in total. The Morgan fingerprint density at radius 2 is 1.91 bits per heavy atom. The number of aromatic nitrogens is 3. The van der Waals surface area contributed by atoms with Gasteiger partial charge < -0.3 is 0 Å². The molecule has 0 aliphatic heterocycles. The summed E-state index contributed by atoms with van der Waals surface area (Å²) in [6.07, 6.45) is 0. The zero-order valence-electron chi connectivity index (χ0n) is 12.1. The number of nitriles is 1. The highest BCUT2D eigenvalue weighted by Gasteiger charge is 2.08. The highest BCUT2D eigenvalue weighted by molar-refractivity contribution is 7.98. The van der Waals surface area contributed by atoms with E-state index in [-0.39, 0.29) is 0 Å². The van der Waals surface area contributed by atoms with E-state index >= 15 is 0 Å². The molecular formula is C17H14N4S. The number of rotatable bonds is 4. The number of H-pyrrole nitrogens is 1. The average Bonchev–Trinajstić information content (AvgIpc) is 3.02. The van der Waals surface area contributed by atoms with Gasteiger partial charge in [-0.15, -0.1) is 5.10 Å². The van der Waals surface area contributed by atoms with Crippen molar-refractivity contribution < 1.29 is 0 Å². The standard InChI is InChI=1S/C17H14N4S/c1-12-4-2-3-5-15(12)16-19-17(21-20-16)22-11-14-8-6-13(10-18)7-9-14/h2-9H,11H2,1H3,(H,19,20,21). The molecule has 3 rings (SSSR count). The van der Waals surface area contributed by atoms with E-state index in [0.29, 0.717) is 5.56 Å². The normalized spacial score (nSPS) is 10.4. The molecule has 1 aromatic heterocycles. The van der Waals surface area contributed by atoms with E-state index in [1.807, 2.05) is 42.5 Å². The Kier molecular flexibility index (Phi) is 4.22. The van der Waals surface area contributed by atoms with E-state index in [2.05, 4.69) is 34.2 Å². The van der Waals surface area contributed by atoms with Gasteiger partial charge >= 0.3 is 0 Å². The lowest BCUT2D eigenvalue weighted by Crippen LogP contribution is -1.85. The maximum absolute atomic E-state index is 8.79. The number of thioether (sulfide) groups is 1. The topological polar surface area (TPSA) is 65.4 Å². The monoisotopic (exact) mass is 306 g/mol. The van der Waals surface area contributed by atoms with Crippen LogP contribution in [0.15, 0.2) is 53.7 Å². The summed E-state index contributed by atoms with van der Waals surface area (Å²) in [7, 11) is 0. The molecule has 3 aromatic rings. The summed E-state index contributed by atoms with van der Waals surface area (Å²) in [6, 6.07) is 17.8. The van der Waals surface area contributed by atoms with Crippen molar-refractivity contribution >= 4 is 11.8 Å². The smallest absolute Gasteiger partial charge is 0.209 e. The van der Waals surface area contributed by atoms with Gasteiger partial charge in [-0.1, -0.05) is 48.2 Å². The number of hydrogen-bond acceptors (Lipinski definition) is 4. The summed E-state index contributed by atoms with van der Waals surface area (Å²) in [5.41, 5.74) is 4.06. The largest absolute Gasteiger partial charge is 0.258 e. The van der Waals surface area contributed by atoms with E-state index in [4.69, 9.17) is 5.26 Å². The molecule has 22 heavy (non-hydrogen) atoms. The highest BCUT2D eigenvalue weighted by atomic mass is 32.2. The molecule has 0 aliphatic carbocycles. The lowest BCUT2D eigenvalue weighted by atomic mass is 10.1. The number of hydrogen-bond donors (Lipinski definition) is 1. The first-order valence-corrected chi connectivity index (χ1v) is 7.85. The van der Waals surface area contributed by atoms with Crippen molar-refractivity contribution in [2.75, 3.05) is 0 Å². The summed E-state index contributed by atoms with van der Waals surface area (Å²) in [6.45, 7) is 2.06. The predicted octanol–water partition coefficient (Wildman–Crippen LogP) is 3.94. The molecule has 0 radical (unpaired) electrons. The quantitative estimate of drug-likeness (QED) is 0.741. The molecule has 108 valence electrons. The van der Waals surface area contributed by atoms with Crippen LogP contribution in [-0.2, 0) is 5.75 Å². The maximum Gasteiger partial charge on any atom is 0.209 e. The zero-order valence-corrected chi connectivity index (χ0v) is 12.9. The second-order valence-electron chi connectivity index (χ2n) is 4.88. The Hall–Kier alpha value is -2.58. The first-order valence-electron chi connectivity index (χ1n) is 6.86. The number of aromatic amines is 1. The molecule has 0 aliphatic rings. The van der Waals surface area contributed by atoms with Crippen LogP contribution >= 0.6 is 11.8 Å². The summed E-state index contributed by atoms with van der Waals surface area (Å²) in [5, 5.41) is 16.8. The van der Waals surface area contributed by atoms with Gasteiger partial charge in [0, 0.05) is 11.3 Å². The predicted molar refractivity (Wildman–Crippen MR) is 87.3 cm³/mol. The Morgan fingerprint density at radius 1 is 1.14 bits per heavy atom. The average molecular weight is 306 g/mol. The van der Waals surface area contributed by atoms with Crippen LogP contribution in [0.25, 0.3) is 11.4 Å². The van der Waals surface area contributed by atoms with Crippen LogP contribution in [0.1, 0.15) is 16.7 Å². The van der Waals surface area contributed by atoms with E-state index in [1.54, 1.807) is 11.8 Å². The summed E-state index contributed by atoms with van der Waals surface area (Å²) >= 11 is 1.57. The number of aryl methyl sites for hydroxylation is 1. The lowest BCUT2D eigenvalue weighted by molar-refractivity contribution is 0.973. The summed E-state index contributed by atoms with van der Waals surface area (Å²) in [4.78, 5) is 4.53. The second-order valence-corrected chi connectivity index (χ2v) is 5.82. The van der Waals surface area contributed by atoms with Crippen LogP contribution in [-0.4, -0.2) is 15.2 Å². The molecule has 0 saturated carbocycles.